The van der Waals surface area contributed by atoms with E-state index < -0.39 is 10.0 Å². The number of rotatable bonds is 10. The quantitative estimate of drug-likeness (QED) is 0.236. The zero-order valence-corrected chi connectivity index (χ0v) is 26.9. The normalized spacial score (nSPS) is 21.7. The zero-order chi connectivity index (χ0) is 30.1. The number of benzene rings is 3. The highest BCUT2D eigenvalue weighted by molar-refractivity contribution is 7.92. The Morgan fingerprint density at radius 2 is 1.63 bits per heavy atom. The number of nitrogens with one attached hydrogen (secondary N) is 1. The Balaban J connectivity index is 1.31. The van der Waals surface area contributed by atoms with Gasteiger partial charge in [-0.25, -0.2) is 4.98 Å². The SMILES string of the molecule is COc1ccc(N(C)S(=O)(=O)c2nc(C)sc2C)cc1CNC1C2CCN(CC2)C1C(c1ccccc1)c1ccccc1. The van der Waals surface area contributed by atoms with Crippen LogP contribution >= 0.6 is 11.3 Å². The van der Waals surface area contributed by atoms with Gasteiger partial charge in [0, 0.05) is 42.0 Å². The van der Waals surface area contributed by atoms with Gasteiger partial charge in [-0.2, -0.15) is 8.42 Å². The molecule has 0 amide bonds. The predicted octanol–water partition coefficient (Wildman–Crippen LogP) is 5.98. The molecule has 3 aromatic carbocycles. The van der Waals surface area contributed by atoms with Gasteiger partial charge in [0.05, 0.1) is 17.8 Å². The van der Waals surface area contributed by atoms with Crippen LogP contribution in [0.25, 0.3) is 0 Å². The molecular formula is C34H40N4O3S2. The lowest BCUT2D eigenvalue weighted by molar-refractivity contribution is 0.00462. The summed E-state index contributed by atoms with van der Waals surface area (Å²) in [5.74, 6) is 1.54. The molecule has 4 heterocycles. The van der Waals surface area contributed by atoms with Crippen LogP contribution in [-0.4, -0.2) is 57.6 Å². The fraction of sp³-hybridized carbons (Fsp3) is 0.382. The number of aromatic nitrogens is 1. The summed E-state index contributed by atoms with van der Waals surface area (Å²) in [4.78, 5) is 7.70. The molecule has 43 heavy (non-hydrogen) atoms. The maximum Gasteiger partial charge on any atom is 0.282 e. The van der Waals surface area contributed by atoms with Crippen molar-refractivity contribution in [1.82, 2.24) is 15.2 Å². The molecule has 4 aromatic rings. The van der Waals surface area contributed by atoms with Crippen LogP contribution in [0.4, 0.5) is 5.69 Å². The first-order valence-corrected chi connectivity index (χ1v) is 17.2. The van der Waals surface area contributed by atoms with Crippen molar-refractivity contribution in [2.24, 2.45) is 5.92 Å². The molecule has 7 rings (SSSR count). The zero-order valence-electron chi connectivity index (χ0n) is 25.2. The Hall–Kier alpha value is -3.24. The number of piperidine rings is 3. The number of hydrogen-bond acceptors (Lipinski definition) is 7. The van der Waals surface area contributed by atoms with Gasteiger partial charge >= 0.3 is 0 Å². The van der Waals surface area contributed by atoms with Crippen LogP contribution in [-0.2, 0) is 16.6 Å². The number of fused-ring (bicyclic) bond motifs is 3. The van der Waals surface area contributed by atoms with Gasteiger partial charge in [-0.15, -0.1) is 11.3 Å². The molecule has 0 spiro atoms. The Labute approximate surface area is 259 Å². The van der Waals surface area contributed by atoms with E-state index in [2.05, 4.69) is 75.9 Å². The molecule has 0 saturated carbocycles. The smallest absolute Gasteiger partial charge is 0.282 e. The summed E-state index contributed by atoms with van der Waals surface area (Å²) in [6.45, 7) is 6.43. The molecule has 3 saturated heterocycles. The van der Waals surface area contributed by atoms with Gasteiger partial charge in [0.2, 0.25) is 0 Å². The van der Waals surface area contributed by atoms with Crippen molar-refractivity contribution in [1.29, 1.82) is 0 Å². The van der Waals surface area contributed by atoms with Crippen LogP contribution in [0.15, 0.2) is 83.9 Å². The van der Waals surface area contributed by atoms with Gasteiger partial charge < -0.3 is 10.1 Å². The summed E-state index contributed by atoms with van der Waals surface area (Å²) in [7, 11) is -0.539. The molecule has 2 unspecified atom stereocenters. The van der Waals surface area contributed by atoms with Crippen LogP contribution in [0.2, 0.25) is 0 Å². The standard InChI is InChI=1S/C34H40N4O3S2/c1-23-34(36-24(2)42-23)43(39,40)37(3)29-15-16-30(41-4)28(21-29)22-35-32-27-17-19-38(20-18-27)33(32)31(25-11-7-5-8-12-25)26-13-9-6-10-14-26/h5-16,21,27,31-33,35H,17-20,22H2,1-4H3. The topological polar surface area (TPSA) is 74.8 Å². The van der Waals surface area contributed by atoms with Crippen molar-refractivity contribution in [2.75, 3.05) is 31.6 Å². The highest BCUT2D eigenvalue weighted by Crippen LogP contribution is 2.42. The van der Waals surface area contributed by atoms with Gasteiger partial charge in [0.15, 0.2) is 5.03 Å². The van der Waals surface area contributed by atoms with E-state index in [0.717, 1.165) is 29.4 Å². The van der Waals surface area contributed by atoms with Crippen LogP contribution in [0, 0.1) is 19.8 Å². The lowest BCUT2D eigenvalue weighted by Crippen LogP contribution is -2.64. The third kappa shape index (κ3) is 5.83. The van der Waals surface area contributed by atoms with Gasteiger partial charge in [-0.05, 0) is 75.0 Å². The van der Waals surface area contributed by atoms with Gasteiger partial charge in [0.1, 0.15) is 5.75 Å². The number of aryl methyl sites for hydroxylation is 2. The summed E-state index contributed by atoms with van der Waals surface area (Å²) in [6.07, 6.45) is 2.35. The van der Waals surface area contributed by atoms with E-state index in [9.17, 15) is 8.42 Å². The molecule has 2 bridgehead atoms. The van der Waals surface area contributed by atoms with E-state index in [4.69, 9.17) is 4.74 Å². The number of sulfonamides is 1. The Morgan fingerprint density at radius 3 is 2.19 bits per heavy atom. The number of methoxy groups -OCH3 is 1. The molecule has 3 aliphatic heterocycles. The minimum Gasteiger partial charge on any atom is -0.496 e. The number of hydrogen-bond donors (Lipinski definition) is 1. The van der Waals surface area contributed by atoms with Crippen molar-refractivity contribution in [3.63, 3.8) is 0 Å². The Kier molecular flexibility index (Phi) is 8.60. The van der Waals surface area contributed by atoms with E-state index in [1.165, 1.54) is 39.6 Å². The number of ether oxygens (including phenoxy) is 1. The third-order valence-electron chi connectivity index (χ3n) is 9.15. The number of nitrogens with zero attached hydrogens (tertiary/aromatic N) is 3. The van der Waals surface area contributed by atoms with E-state index in [0.29, 0.717) is 29.1 Å². The molecule has 226 valence electrons. The Morgan fingerprint density at radius 1 is 1.00 bits per heavy atom. The van der Waals surface area contributed by atoms with Crippen molar-refractivity contribution < 1.29 is 13.2 Å². The van der Waals surface area contributed by atoms with Crippen molar-refractivity contribution in [3.8, 4) is 5.75 Å². The highest BCUT2D eigenvalue weighted by atomic mass is 32.2. The molecule has 0 aliphatic carbocycles. The molecule has 2 atom stereocenters. The van der Waals surface area contributed by atoms with Gasteiger partial charge in [-0.1, -0.05) is 60.7 Å². The molecule has 1 aromatic heterocycles. The maximum atomic E-state index is 13.5. The monoisotopic (exact) mass is 616 g/mol. The summed E-state index contributed by atoms with van der Waals surface area (Å²) >= 11 is 1.40. The van der Waals surface area contributed by atoms with E-state index in [-0.39, 0.29) is 17.0 Å². The number of anilines is 1. The fourth-order valence-electron chi connectivity index (χ4n) is 7.04. The Bertz CT molecular complexity index is 1610. The average molecular weight is 617 g/mol. The number of thiazole rings is 1. The summed E-state index contributed by atoms with van der Waals surface area (Å²) in [5, 5.41) is 4.82. The average Bonchev–Trinajstić information content (AvgIpc) is 3.39. The first kappa shape index (κ1) is 29.8. The fourth-order valence-corrected chi connectivity index (χ4v) is 9.52. The van der Waals surface area contributed by atoms with E-state index >= 15 is 0 Å². The second kappa shape index (κ2) is 12.4. The molecule has 7 nitrogen and oxygen atoms in total. The largest absolute Gasteiger partial charge is 0.496 e. The predicted molar refractivity (Wildman–Crippen MR) is 174 cm³/mol. The first-order chi connectivity index (χ1) is 20.8. The van der Waals surface area contributed by atoms with Gasteiger partial charge in [0.25, 0.3) is 10.0 Å². The molecule has 3 aliphatic rings. The lowest BCUT2D eigenvalue weighted by Gasteiger charge is -2.54. The lowest BCUT2D eigenvalue weighted by atomic mass is 9.70. The molecule has 3 fully saturated rings. The van der Waals surface area contributed by atoms with Gasteiger partial charge in [-0.3, -0.25) is 9.21 Å². The van der Waals surface area contributed by atoms with Crippen molar-refractivity contribution in [3.05, 3.63) is 105 Å². The second-order valence-corrected chi connectivity index (χ2v) is 14.9. The minimum absolute atomic E-state index is 0.121. The first-order valence-electron chi connectivity index (χ1n) is 14.9. The van der Waals surface area contributed by atoms with Crippen LogP contribution < -0.4 is 14.4 Å². The molecule has 9 heteroatoms. The molecule has 1 N–H and O–H groups in total. The summed E-state index contributed by atoms with van der Waals surface area (Å²) < 4.78 is 34.1. The summed E-state index contributed by atoms with van der Waals surface area (Å²) in [6, 6.07) is 27.9. The van der Waals surface area contributed by atoms with Crippen molar-refractivity contribution in [2.45, 2.75) is 56.3 Å². The highest BCUT2D eigenvalue weighted by Gasteiger charge is 2.46. The van der Waals surface area contributed by atoms with E-state index in [1.807, 2.05) is 19.1 Å². The minimum atomic E-state index is -3.80. The van der Waals surface area contributed by atoms with Crippen LogP contribution in [0.1, 0.15) is 45.3 Å². The maximum absolute atomic E-state index is 13.5. The third-order valence-corrected chi connectivity index (χ3v) is 12.0. The van der Waals surface area contributed by atoms with Crippen molar-refractivity contribution >= 4 is 27.0 Å². The summed E-state index contributed by atoms with van der Waals surface area (Å²) in [5.41, 5.74) is 4.17. The molecular weight excluding hydrogens is 577 g/mol. The van der Waals surface area contributed by atoms with E-state index in [1.54, 1.807) is 27.1 Å². The molecule has 0 radical (unpaired) electrons. The van der Waals surface area contributed by atoms with Crippen LogP contribution in [0.5, 0.6) is 5.75 Å². The van der Waals surface area contributed by atoms with Crippen LogP contribution in [0.3, 0.4) is 0 Å². The second-order valence-electron chi connectivity index (χ2n) is 11.6.